The highest BCUT2D eigenvalue weighted by Crippen LogP contribution is 2.23. The Bertz CT molecular complexity index is 604. The molecule has 0 saturated heterocycles. The Morgan fingerprint density at radius 3 is 2.38 bits per heavy atom. The fourth-order valence-electron chi connectivity index (χ4n) is 1.95. The van der Waals surface area contributed by atoms with E-state index >= 15 is 0 Å². The Morgan fingerprint density at radius 2 is 1.90 bits per heavy atom. The third-order valence-electron chi connectivity index (χ3n) is 2.88. The van der Waals surface area contributed by atoms with Crippen molar-refractivity contribution in [2.24, 2.45) is 0 Å². The van der Waals surface area contributed by atoms with E-state index < -0.39 is 35.2 Å². The van der Waals surface area contributed by atoms with Crippen LogP contribution in [-0.4, -0.2) is 55.4 Å². The highest BCUT2D eigenvalue weighted by Gasteiger charge is 2.28. The third-order valence-corrected chi connectivity index (χ3v) is 4.67. The molecular weight excluding hydrogens is 300 g/mol. The molecular formula is C12H20N2O6S. The Labute approximate surface area is 123 Å². The van der Waals surface area contributed by atoms with Crippen molar-refractivity contribution in [3.63, 3.8) is 0 Å². The summed E-state index contributed by atoms with van der Waals surface area (Å²) in [5.74, 6) is -0.639. The van der Waals surface area contributed by atoms with Crippen molar-refractivity contribution in [3.05, 3.63) is 17.0 Å². The molecule has 120 valence electrons. The zero-order valence-corrected chi connectivity index (χ0v) is 13.0. The molecule has 21 heavy (non-hydrogen) atoms. The molecule has 0 unspecified atom stereocenters. The highest BCUT2D eigenvalue weighted by molar-refractivity contribution is 7.89. The SMILES string of the molecule is CCOC(=O)c1[nH]c(C)c(S(=O)(=O)NC(CO)CO)c1C. The number of aromatic nitrogens is 1. The van der Waals surface area contributed by atoms with Gasteiger partial charge in [-0.15, -0.1) is 0 Å². The number of nitrogens with one attached hydrogen (secondary N) is 2. The lowest BCUT2D eigenvalue weighted by Crippen LogP contribution is -2.40. The number of rotatable bonds is 7. The minimum atomic E-state index is -3.98. The Balaban J connectivity index is 3.22. The number of aryl methyl sites for hydroxylation is 1. The number of hydrogen-bond donors (Lipinski definition) is 4. The topological polar surface area (TPSA) is 129 Å². The summed E-state index contributed by atoms with van der Waals surface area (Å²) in [5.41, 5.74) is 0.574. The van der Waals surface area contributed by atoms with E-state index in [4.69, 9.17) is 14.9 Å². The first-order valence-electron chi connectivity index (χ1n) is 6.38. The summed E-state index contributed by atoms with van der Waals surface area (Å²) in [6.45, 7) is 3.74. The molecule has 4 N–H and O–H groups in total. The monoisotopic (exact) mass is 320 g/mol. The van der Waals surface area contributed by atoms with Gasteiger partial charge in [-0.25, -0.2) is 17.9 Å². The molecule has 1 aromatic heterocycles. The van der Waals surface area contributed by atoms with Crippen LogP contribution in [-0.2, 0) is 14.8 Å². The van der Waals surface area contributed by atoms with E-state index in [0.717, 1.165) is 0 Å². The van der Waals surface area contributed by atoms with Gasteiger partial charge in [0.25, 0.3) is 0 Å². The van der Waals surface area contributed by atoms with Crippen molar-refractivity contribution < 1.29 is 28.2 Å². The normalized spacial score (nSPS) is 11.9. The lowest BCUT2D eigenvalue weighted by Gasteiger charge is -2.14. The van der Waals surface area contributed by atoms with Gasteiger partial charge in [-0.2, -0.15) is 0 Å². The van der Waals surface area contributed by atoms with Gasteiger partial charge in [-0.1, -0.05) is 0 Å². The molecule has 0 bridgehead atoms. The van der Waals surface area contributed by atoms with E-state index in [1.807, 2.05) is 0 Å². The molecule has 0 radical (unpaired) electrons. The number of ether oxygens (including phenoxy) is 1. The van der Waals surface area contributed by atoms with Crippen LogP contribution in [0.3, 0.4) is 0 Å². The van der Waals surface area contributed by atoms with Crippen molar-refractivity contribution in [1.29, 1.82) is 0 Å². The zero-order chi connectivity index (χ0) is 16.2. The molecule has 0 atom stereocenters. The summed E-state index contributed by atoms with van der Waals surface area (Å²) in [7, 11) is -3.98. The van der Waals surface area contributed by atoms with E-state index in [-0.39, 0.29) is 28.5 Å². The predicted molar refractivity (Wildman–Crippen MR) is 74.5 cm³/mol. The van der Waals surface area contributed by atoms with Crippen LogP contribution >= 0.6 is 0 Å². The predicted octanol–water partition coefficient (Wildman–Crippen LogP) is -0.560. The maximum Gasteiger partial charge on any atom is 0.355 e. The number of aliphatic hydroxyl groups is 2. The van der Waals surface area contributed by atoms with E-state index in [2.05, 4.69) is 9.71 Å². The molecule has 0 aliphatic rings. The standard InChI is InChI=1S/C12H20N2O6S/c1-4-20-12(17)10-7(2)11(8(3)13-10)21(18,19)14-9(5-15)6-16/h9,13-16H,4-6H2,1-3H3. The lowest BCUT2D eigenvalue weighted by atomic mass is 10.2. The van der Waals surface area contributed by atoms with Gasteiger partial charge in [0.1, 0.15) is 10.6 Å². The zero-order valence-electron chi connectivity index (χ0n) is 12.1. The van der Waals surface area contributed by atoms with Gasteiger partial charge < -0.3 is 19.9 Å². The molecule has 8 nitrogen and oxygen atoms in total. The molecule has 0 aliphatic heterocycles. The average Bonchev–Trinajstić information content (AvgIpc) is 2.72. The van der Waals surface area contributed by atoms with Crippen molar-refractivity contribution >= 4 is 16.0 Å². The molecule has 0 spiro atoms. The second-order valence-corrected chi connectivity index (χ2v) is 6.13. The first kappa shape index (κ1) is 17.6. The maximum absolute atomic E-state index is 12.3. The van der Waals surface area contributed by atoms with E-state index in [1.54, 1.807) is 6.92 Å². The molecule has 1 heterocycles. The summed E-state index contributed by atoms with van der Waals surface area (Å²) in [4.78, 5) is 14.4. The number of esters is 1. The molecule has 1 aromatic rings. The fraction of sp³-hybridized carbons (Fsp3) is 0.583. The van der Waals surface area contributed by atoms with Crippen LogP contribution < -0.4 is 4.72 Å². The number of carbonyl (C=O) groups excluding carboxylic acids is 1. The van der Waals surface area contributed by atoms with Gasteiger partial charge in [0.15, 0.2) is 0 Å². The third kappa shape index (κ3) is 3.82. The van der Waals surface area contributed by atoms with E-state index in [9.17, 15) is 13.2 Å². The molecule has 1 rings (SSSR count). The first-order valence-corrected chi connectivity index (χ1v) is 7.87. The number of H-pyrrole nitrogens is 1. The van der Waals surface area contributed by atoms with Gasteiger partial charge in [-0.3, -0.25) is 0 Å². The minimum absolute atomic E-state index is 0.0688. The highest BCUT2D eigenvalue weighted by atomic mass is 32.2. The van der Waals surface area contributed by atoms with Crippen LogP contribution in [0.25, 0.3) is 0 Å². The summed E-state index contributed by atoms with van der Waals surface area (Å²) in [6.07, 6.45) is 0. The number of carbonyl (C=O) groups is 1. The number of sulfonamides is 1. The molecule has 0 fully saturated rings. The second-order valence-electron chi connectivity index (χ2n) is 4.48. The molecule has 0 amide bonds. The van der Waals surface area contributed by atoms with Crippen molar-refractivity contribution in [2.75, 3.05) is 19.8 Å². The number of aliphatic hydroxyl groups excluding tert-OH is 2. The maximum atomic E-state index is 12.3. The first-order chi connectivity index (χ1) is 9.78. The van der Waals surface area contributed by atoms with Crippen LogP contribution in [0, 0.1) is 13.8 Å². The Morgan fingerprint density at radius 1 is 1.33 bits per heavy atom. The minimum Gasteiger partial charge on any atom is -0.461 e. The average molecular weight is 320 g/mol. The lowest BCUT2D eigenvalue weighted by molar-refractivity contribution is 0.0519. The van der Waals surface area contributed by atoms with Crippen LogP contribution in [0.5, 0.6) is 0 Å². The Kier molecular flexibility index (Phi) is 5.90. The smallest absolute Gasteiger partial charge is 0.355 e. The van der Waals surface area contributed by atoms with E-state index in [0.29, 0.717) is 0 Å². The summed E-state index contributed by atoms with van der Waals surface area (Å²) in [6, 6.07) is -1.00. The van der Waals surface area contributed by atoms with Gasteiger partial charge in [0.05, 0.1) is 25.9 Å². The molecule has 9 heteroatoms. The molecule has 0 saturated carbocycles. The van der Waals surface area contributed by atoms with Crippen LogP contribution in [0.4, 0.5) is 0 Å². The van der Waals surface area contributed by atoms with Crippen molar-refractivity contribution in [1.82, 2.24) is 9.71 Å². The van der Waals surface area contributed by atoms with Crippen molar-refractivity contribution in [2.45, 2.75) is 31.7 Å². The van der Waals surface area contributed by atoms with Gasteiger partial charge in [0, 0.05) is 11.3 Å². The second kappa shape index (κ2) is 7.03. The van der Waals surface area contributed by atoms with Gasteiger partial charge in [-0.05, 0) is 20.8 Å². The summed E-state index contributed by atoms with van der Waals surface area (Å²) in [5, 5.41) is 17.9. The van der Waals surface area contributed by atoms with Gasteiger partial charge >= 0.3 is 5.97 Å². The van der Waals surface area contributed by atoms with E-state index in [1.165, 1.54) is 13.8 Å². The number of aromatic amines is 1. The van der Waals surface area contributed by atoms with Crippen LogP contribution in [0.2, 0.25) is 0 Å². The molecule has 0 aliphatic carbocycles. The summed E-state index contributed by atoms with van der Waals surface area (Å²) < 4.78 is 31.6. The van der Waals surface area contributed by atoms with Crippen molar-refractivity contribution in [3.8, 4) is 0 Å². The molecule has 0 aromatic carbocycles. The Hall–Kier alpha value is -1.42. The van der Waals surface area contributed by atoms with Gasteiger partial charge in [0.2, 0.25) is 10.0 Å². The van der Waals surface area contributed by atoms with Crippen LogP contribution in [0.1, 0.15) is 28.7 Å². The summed E-state index contributed by atoms with van der Waals surface area (Å²) >= 11 is 0. The quantitative estimate of drug-likeness (QED) is 0.498. The largest absolute Gasteiger partial charge is 0.461 e. The van der Waals surface area contributed by atoms with Crippen LogP contribution in [0.15, 0.2) is 4.90 Å². The number of hydrogen-bond acceptors (Lipinski definition) is 6. The fourth-order valence-corrected chi connectivity index (χ4v) is 3.62.